The Morgan fingerprint density at radius 2 is 0.957 bits per heavy atom. The van der Waals surface area contributed by atoms with Crippen molar-refractivity contribution in [3.63, 3.8) is 0 Å². The molecule has 1 aromatic heterocycles. The summed E-state index contributed by atoms with van der Waals surface area (Å²) < 4.78 is 79.0. The summed E-state index contributed by atoms with van der Waals surface area (Å²) in [6.07, 6.45) is 0. The van der Waals surface area contributed by atoms with Crippen LogP contribution in [0.5, 0.6) is 0 Å². The van der Waals surface area contributed by atoms with Gasteiger partial charge < -0.3 is 4.42 Å². The van der Waals surface area contributed by atoms with Gasteiger partial charge in [0.2, 0.25) is 0 Å². The van der Waals surface area contributed by atoms with Gasteiger partial charge in [-0.2, -0.15) is 0 Å². The Morgan fingerprint density at radius 3 is 1.72 bits per heavy atom. The van der Waals surface area contributed by atoms with Gasteiger partial charge in [-0.15, -0.1) is 0 Å². The fraction of sp³-hybridized carbons (Fsp3) is 0. The van der Waals surface area contributed by atoms with E-state index >= 15 is 0 Å². The Labute approximate surface area is 283 Å². The molecule has 0 fully saturated rings. The Morgan fingerprint density at radius 1 is 0.383 bits per heavy atom. The smallest absolute Gasteiger partial charge is 0.135 e. The molecule has 1 heteroatoms. The molecule has 9 aromatic carbocycles. The van der Waals surface area contributed by atoms with Crippen molar-refractivity contribution in [3.05, 3.63) is 170 Å². The van der Waals surface area contributed by atoms with Gasteiger partial charge in [-0.05, 0) is 101 Å². The van der Waals surface area contributed by atoms with E-state index in [1.165, 1.54) is 0 Å². The third kappa shape index (κ3) is 3.97. The van der Waals surface area contributed by atoms with Gasteiger partial charge in [-0.1, -0.05) is 145 Å². The van der Waals surface area contributed by atoms with Crippen LogP contribution in [0.25, 0.3) is 98.4 Å². The molecule has 0 aliphatic heterocycles. The van der Waals surface area contributed by atoms with E-state index in [4.69, 9.17) is 9.90 Å². The summed E-state index contributed by atoms with van der Waals surface area (Å²) in [4.78, 5) is 0. The van der Waals surface area contributed by atoms with Gasteiger partial charge >= 0.3 is 0 Å². The van der Waals surface area contributed by atoms with Gasteiger partial charge in [0.1, 0.15) is 11.2 Å². The highest BCUT2D eigenvalue weighted by atomic mass is 16.3. The lowest BCUT2D eigenvalue weighted by Crippen LogP contribution is -1.91. The zero-order chi connectivity index (χ0) is 37.9. The van der Waals surface area contributed by atoms with Gasteiger partial charge in [0, 0.05) is 10.8 Å². The van der Waals surface area contributed by atoms with Crippen molar-refractivity contribution in [1.82, 2.24) is 0 Å². The van der Waals surface area contributed by atoms with Crippen LogP contribution in [0.2, 0.25) is 0 Å². The van der Waals surface area contributed by atoms with E-state index in [1.54, 1.807) is 12.1 Å². The van der Waals surface area contributed by atoms with Gasteiger partial charge in [-0.25, -0.2) is 0 Å². The fourth-order valence-corrected chi connectivity index (χ4v) is 7.23. The first kappa shape index (κ1) is 19.4. The summed E-state index contributed by atoms with van der Waals surface area (Å²) in [6, 6.07) is 36.4. The summed E-state index contributed by atoms with van der Waals surface area (Å²) in [6.45, 7) is 0. The van der Waals surface area contributed by atoms with E-state index in [9.17, 15) is 5.48 Å². The molecule has 0 saturated heterocycles. The lowest BCUT2D eigenvalue weighted by atomic mass is 9.85. The molecule has 0 N–H and O–H groups in total. The number of hydrogen-bond donors (Lipinski definition) is 0. The Bertz CT molecular complexity index is 3230. The second-order valence-corrected chi connectivity index (χ2v) is 11.8. The van der Waals surface area contributed by atoms with E-state index in [-0.39, 0.29) is 45.7 Å². The van der Waals surface area contributed by atoms with Gasteiger partial charge in [0.05, 0.1) is 11.0 Å². The molecule has 10 aromatic rings. The topological polar surface area (TPSA) is 13.1 Å². The zero-order valence-electron chi connectivity index (χ0n) is 33.0. The minimum atomic E-state index is -0.434. The molecule has 1 nitrogen and oxygen atoms in total. The molecule has 0 radical (unpaired) electrons. The molecule has 0 aliphatic carbocycles. The molecule has 0 spiro atoms. The highest BCUT2D eigenvalue weighted by Gasteiger charge is 2.18. The van der Waals surface area contributed by atoms with Crippen molar-refractivity contribution in [2.75, 3.05) is 0 Å². The normalized spacial score (nSPS) is 14.2. The molecular weight excluding hydrogens is 569 g/mol. The van der Waals surface area contributed by atoms with Crippen LogP contribution in [0.4, 0.5) is 0 Å². The molecule has 218 valence electrons. The predicted octanol–water partition coefficient (Wildman–Crippen LogP) is 13.2. The van der Waals surface area contributed by atoms with Gasteiger partial charge in [0.25, 0.3) is 0 Å². The molecule has 0 aliphatic rings. The maximum Gasteiger partial charge on any atom is 0.135 e. The molecule has 0 bridgehead atoms. The second-order valence-electron chi connectivity index (χ2n) is 11.8. The number of para-hydroxylation sites is 1. The minimum Gasteiger partial charge on any atom is -0.456 e. The molecule has 10 rings (SSSR count). The van der Waals surface area contributed by atoms with Crippen LogP contribution >= 0.6 is 0 Å². The van der Waals surface area contributed by atoms with Crippen LogP contribution < -0.4 is 0 Å². The van der Waals surface area contributed by atoms with Crippen molar-refractivity contribution in [2.24, 2.45) is 0 Å². The van der Waals surface area contributed by atoms with Crippen LogP contribution in [0, 0.1) is 0 Å². The third-order valence-electron chi connectivity index (χ3n) is 9.27. The molecule has 0 unspecified atom stereocenters. The van der Waals surface area contributed by atoms with E-state index in [1.807, 2.05) is 72.8 Å². The van der Waals surface area contributed by atoms with Crippen molar-refractivity contribution < 1.29 is 15.4 Å². The van der Waals surface area contributed by atoms with Crippen LogP contribution in [0.3, 0.4) is 0 Å². The van der Waals surface area contributed by atoms with E-state index in [0.29, 0.717) is 33.4 Å². The average Bonchev–Trinajstić information content (AvgIpc) is 3.60. The largest absolute Gasteiger partial charge is 0.456 e. The second kappa shape index (κ2) is 10.2. The summed E-state index contributed by atoms with van der Waals surface area (Å²) in [5, 5.41) is 6.64. The van der Waals surface area contributed by atoms with E-state index in [0.717, 1.165) is 43.4 Å². The van der Waals surface area contributed by atoms with Crippen LogP contribution in [0.15, 0.2) is 174 Å². The first-order valence-corrected chi connectivity index (χ1v) is 15.5. The first-order chi connectivity index (χ1) is 26.6. The average molecular weight is 605 g/mol. The lowest BCUT2D eigenvalue weighted by Gasteiger charge is -2.18. The number of furan rings is 1. The molecule has 0 saturated carbocycles. The van der Waals surface area contributed by atoms with Crippen LogP contribution in [-0.4, -0.2) is 0 Å². The number of fused-ring (bicyclic) bond motifs is 8. The quantitative estimate of drug-likeness (QED) is 0.144. The number of hydrogen-bond acceptors (Lipinski definition) is 1. The Hall–Kier alpha value is -6.18. The van der Waals surface area contributed by atoms with Crippen molar-refractivity contribution in [2.45, 2.75) is 0 Å². The lowest BCUT2D eigenvalue weighted by molar-refractivity contribution is 0.669. The molecule has 0 atom stereocenters. The van der Waals surface area contributed by atoms with Gasteiger partial charge in [0.15, 0.2) is 0 Å². The van der Waals surface area contributed by atoms with Crippen molar-refractivity contribution in [1.29, 1.82) is 0 Å². The highest BCUT2D eigenvalue weighted by Crippen LogP contribution is 2.45. The summed E-state index contributed by atoms with van der Waals surface area (Å²) in [5.74, 6) is 0. The van der Waals surface area contributed by atoms with E-state index < -0.39 is 24.2 Å². The summed E-state index contributed by atoms with van der Waals surface area (Å²) in [7, 11) is 0. The molecule has 0 amide bonds. The molecule has 1 heterocycles. The SMILES string of the molecule is [2H]c1c([2H])c([2H])c2c(-c3ccc4oc5ccccc5c4c3)c3c([2H])c([2H])c([2H])c([2H])c3c(-c3cccc(-c4cccc5ccc6ccccc6c45)c3)c2c1[2H]. The number of benzene rings is 9. The van der Waals surface area contributed by atoms with Crippen LogP contribution in [-0.2, 0) is 0 Å². The fourth-order valence-electron chi connectivity index (χ4n) is 7.23. The van der Waals surface area contributed by atoms with Gasteiger partial charge in [-0.3, -0.25) is 0 Å². The molecular formula is C46H28O. The maximum absolute atomic E-state index is 9.40. The Balaban J connectivity index is 1.38. The monoisotopic (exact) mass is 604 g/mol. The van der Waals surface area contributed by atoms with Crippen molar-refractivity contribution >= 4 is 65.0 Å². The van der Waals surface area contributed by atoms with E-state index in [2.05, 4.69) is 36.4 Å². The minimum absolute atomic E-state index is 0.173. The highest BCUT2D eigenvalue weighted by molar-refractivity contribution is 6.22. The Kier molecular flexibility index (Phi) is 4.19. The third-order valence-corrected chi connectivity index (χ3v) is 9.27. The summed E-state index contributed by atoms with van der Waals surface area (Å²) >= 11 is 0. The standard InChI is InChI=1S/C46H28O/c1-2-15-34-29(11-1)23-24-30-12-10-21-35(44(30)34)31-13-9-14-32(27-31)45-37-17-3-5-19-39(37)46(40-20-6-4-18-38(40)45)33-25-26-43-41(28-33)36-16-7-8-22-42(36)47-43/h1-28H/i3D,4D,5D,6D,17D,18D,19D,20D. The predicted molar refractivity (Wildman–Crippen MR) is 200 cm³/mol. The first-order valence-electron chi connectivity index (χ1n) is 19.5. The summed E-state index contributed by atoms with van der Waals surface area (Å²) in [5.41, 5.74) is 4.83. The maximum atomic E-state index is 9.40. The van der Waals surface area contributed by atoms with Crippen LogP contribution in [0.1, 0.15) is 11.0 Å². The zero-order valence-corrected chi connectivity index (χ0v) is 25.0. The molecule has 47 heavy (non-hydrogen) atoms. The number of rotatable bonds is 3. The van der Waals surface area contributed by atoms with Crippen molar-refractivity contribution in [3.8, 4) is 33.4 Å².